The van der Waals surface area contributed by atoms with E-state index in [1.807, 2.05) is 17.0 Å². The number of carbonyl (C=O) groups is 2. The van der Waals surface area contributed by atoms with Crippen molar-refractivity contribution < 1.29 is 14.0 Å². The Hall–Kier alpha value is -3.28. The van der Waals surface area contributed by atoms with Gasteiger partial charge in [-0.15, -0.1) is 0 Å². The number of rotatable bonds is 9. The molecule has 2 aromatic rings. The minimum atomic E-state index is -0.593. The van der Waals surface area contributed by atoms with E-state index < -0.39 is 6.04 Å². The Morgan fingerprint density at radius 1 is 1.03 bits per heavy atom. The van der Waals surface area contributed by atoms with Gasteiger partial charge in [0.05, 0.1) is 11.6 Å². The van der Waals surface area contributed by atoms with E-state index in [9.17, 15) is 14.0 Å². The quantitative estimate of drug-likeness (QED) is 0.514. The molecule has 0 spiro atoms. The lowest BCUT2D eigenvalue weighted by molar-refractivity contribution is -0.135. The standard InChI is InChI=1S/C29H34FN5O2/c30-23-9-7-21(8-10-23)25-18-27(25)32-13-1-2-26(33-28(36)22-5-3-20(19-31)4-6-22)29(37)35-17-16-34-14-11-24(35)12-15-34/h3-10,24-27,32H,1-2,11-18H2,(H,33,36)/t25-,26-,27+/m0/s1. The molecule has 1 saturated carbocycles. The molecule has 0 radical (unpaired) electrons. The minimum Gasteiger partial charge on any atom is -0.340 e. The number of hydrogen-bond donors (Lipinski definition) is 2. The summed E-state index contributed by atoms with van der Waals surface area (Å²) >= 11 is 0. The van der Waals surface area contributed by atoms with Crippen LogP contribution in [0.25, 0.3) is 0 Å². The zero-order chi connectivity index (χ0) is 25.8. The number of carbonyl (C=O) groups excluding carboxylic acids is 2. The van der Waals surface area contributed by atoms with Crippen LogP contribution in [0.2, 0.25) is 0 Å². The molecule has 1 aliphatic carbocycles. The second kappa shape index (κ2) is 11.4. The maximum atomic E-state index is 13.7. The van der Waals surface area contributed by atoms with E-state index in [1.165, 1.54) is 12.1 Å². The van der Waals surface area contributed by atoms with Crippen LogP contribution in [0.3, 0.4) is 0 Å². The monoisotopic (exact) mass is 503 g/mol. The van der Waals surface area contributed by atoms with E-state index in [1.54, 1.807) is 24.3 Å². The molecular weight excluding hydrogens is 469 g/mol. The molecule has 8 heteroatoms. The Bertz CT molecular complexity index is 1140. The molecule has 3 heterocycles. The average molecular weight is 504 g/mol. The van der Waals surface area contributed by atoms with Crippen molar-refractivity contribution in [3.05, 3.63) is 71.0 Å². The van der Waals surface area contributed by atoms with Crippen LogP contribution in [0.5, 0.6) is 0 Å². The molecule has 3 saturated heterocycles. The number of amides is 2. The molecular formula is C29H34FN5O2. The number of hydrogen-bond acceptors (Lipinski definition) is 5. The van der Waals surface area contributed by atoms with Gasteiger partial charge >= 0.3 is 0 Å². The summed E-state index contributed by atoms with van der Waals surface area (Å²) in [6.45, 7) is 4.38. The van der Waals surface area contributed by atoms with Crippen LogP contribution >= 0.6 is 0 Å². The Morgan fingerprint density at radius 3 is 2.46 bits per heavy atom. The van der Waals surface area contributed by atoms with Crippen LogP contribution in [0.15, 0.2) is 48.5 Å². The van der Waals surface area contributed by atoms with Gasteiger partial charge in [0.25, 0.3) is 5.91 Å². The maximum absolute atomic E-state index is 13.7. The van der Waals surface area contributed by atoms with Crippen LogP contribution in [0, 0.1) is 17.1 Å². The van der Waals surface area contributed by atoms with Crippen molar-refractivity contribution in [2.75, 3.05) is 32.7 Å². The first kappa shape index (κ1) is 25.4. The molecule has 37 heavy (non-hydrogen) atoms. The highest BCUT2D eigenvalue weighted by Crippen LogP contribution is 2.40. The SMILES string of the molecule is N#Cc1ccc(C(=O)N[C@@H](CCCN[C@@H]2C[C@H]2c2ccc(F)cc2)C(=O)N2CCN3CCC2CC3)cc1. The van der Waals surface area contributed by atoms with Crippen molar-refractivity contribution in [3.8, 4) is 6.07 Å². The summed E-state index contributed by atoms with van der Waals surface area (Å²) in [4.78, 5) is 31.1. The van der Waals surface area contributed by atoms with Gasteiger partial charge in [-0.3, -0.25) is 9.59 Å². The summed E-state index contributed by atoms with van der Waals surface area (Å²) < 4.78 is 13.2. The summed E-state index contributed by atoms with van der Waals surface area (Å²) in [7, 11) is 0. The number of nitriles is 1. The fraction of sp³-hybridized carbons (Fsp3) is 0.483. The molecule has 194 valence electrons. The van der Waals surface area contributed by atoms with Gasteiger partial charge < -0.3 is 20.4 Å². The van der Waals surface area contributed by atoms with Crippen LogP contribution in [-0.4, -0.2) is 72.5 Å². The van der Waals surface area contributed by atoms with Crippen LogP contribution < -0.4 is 10.6 Å². The van der Waals surface area contributed by atoms with Crippen molar-refractivity contribution in [1.29, 1.82) is 5.26 Å². The van der Waals surface area contributed by atoms with Crippen molar-refractivity contribution in [3.63, 3.8) is 0 Å². The molecule has 6 rings (SSSR count). The van der Waals surface area contributed by atoms with E-state index >= 15 is 0 Å². The molecule has 3 atom stereocenters. The van der Waals surface area contributed by atoms with Gasteiger partial charge in [-0.25, -0.2) is 4.39 Å². The number of halogens is 1. The smallest absolute Gasteiger partial charge is 0.251 e. The molecule has 0 unspecified atom stereocenters. The summed E-state index contributed by atoms with van der Waals surface area (Å²) in [5.74, 6) is -0.109. The topological polar surface area (TPSA) is 88.5 Å². The van der Waals surface area contributed by atoms with Crippen LogP contribution in [0.4, 0.5) is 4.39 Å². The Labute approximate surface area is 217 Å². The van der Waals surface area contributed by atoms with Gasteiger partial charge in [0, 0.05) is 49.7 Å². The zero-order valence-electron chi connectivity index (χ0n) is 21.0. The van der Waals surface area contributed by atoms with Crippen LogP contribution in [-0.2, 0) is 4.79 Å². The Kier molecular flexibility index (Phi) is 7.82. The van der Waals surface area contributed by atoms with E-state index in [0.717, 1.165) is 57.4 Å². The Morgan fingerprint density at radius 2 is 1.76 bits per heavy atom. The highest BCUT2D eigenvalue weighted by atomic mass is 19.1. The maximum Gasteiger partial charge on any atom is 0.251 e. The lowest BCUT2D eigenvalue weighted by Crippen LogP contribution is -2.52. The van der Waals surface area contributed by atoms with E-state index in [4.69, 9.17) is 5.26 Å². The first-order valence-electron chi connectivity index (χ1n) is 13.3. The van der Waals surface area contributed by atoms with Crippen molar-refractivity contribution >= 4 is 11.8 Å². The number of benzene rings is 2. The third-order valence-electron chi connectivity index (χ3n) is 7.98. The summed E-state index contributed by atoms with van der Waals surface area (Å²) in [5.41, 5.74) is 2.08. The molecule has 4 fully saturated rings. The average Bonchev–Trinajstić information content (AvgIpc) is 3.75. The van der Waals surface area contributed by atoms with Gasteiger partial charge in [-0.2, -0.15) is 5.26 Å². The molecule has 2 bridgehead atoms. The lowest BCUT2D eigenvalue weighted by Gasteiger charge is -2.34. The molecule has 3 aliphatic heterocycles. The largest absolute Gasteiger partial charge is 0.340 e. The number of fused-ring (bicyclic) bond motifs is 4. The molecule has 2 N–H and O–H groups in total. The zero-order valence-corrected chi connectivity index (χ0v) is 21.0. The van der Waals surface area contributed by atoms with E-state index in [2.05, 4.69) is 21.6 Å². The summed E-state index contributed by atoms with van der Waals surface area (Å²) in [5, 5.41) is 15.6. The van der Waals surface area contributed by atoms with Gasteiger partial charge in [0.15, 0.2) is 0 Å². The van der Waals surface area contributed by atoms with Gasteiger partial charge in [-0.05, 0) is 80.6 Å². The summed E-state index contributed by atoms with van der Waals surface area (Å²) in [6.07, 6.45) is 4.29. The van der Waals surface area contributed by atoms with E-state index in [0.29, 0.717) is 36.1 Å². The van der Waals surface area contributed by atoms with Crippen LogP contribution in [0.1, 0.15) is 59.5 Å². The lowest BCUT2D eigenvalue weighted by atomic mass is 10.0. The normalized spacial score (nSPS) is 25.1. The van der Waals surface area contributed by atoms with Gasteiger partial charge in [0.1, 0.15) is 11.9 Å². The fourth-order valence-corrected chi connectivity index (χ4v) is 5.66. The first-order valence-corrected chi connectivity index (χ1v) is 13.3. The van der Waals surface area contributed by atoms with Gasteiger partial charge in [0.2, 0.25) is 5.91 Å². The summed E-state index contributed by atoms with van der Waals surface area (Å²) in [6, 6.07) is 15.3. The Balaban J connectivity index is 1.19. The molecule has 4 aliphatic rings. The highest BCUT2D eigenvalue weighted by molar-refractivity contribution is 5.97. The van der Waals surface area contributed by atoms with E-state index in [-0.39, 0.29) is 23.7 Å². The number of nitrogens with zero attached hydrogens (tertiary/aromatic N) is 3. The third-order valence-corrected chi connectivity index (χ3v) is 7.98. The number of nitrogens with one attached hydrogen (secondary N) is 2. The van der Waals surface area contributed by atoms with Crippen molar-refractivity contribution in [1.82, 2.24) is 20.4 Å². The predicted octanol–water partition coefficient (Wildman–Crippen LogP) is 3.03. The molecule has 7 nitrogen and oxygen atoms in total. The first-order chi connectivity index (χ1) is 18.0. The molecule has 2 aromatic carbocycles. The number of piperidine rings is 1. The second-order valence-electron chi connectivity index (χ2n) is 10.4. The fourth-order valence-electron chi connectivity index (χ4n) is 5.66. The molecule has 2 amide bonds. The predicted molar refractivity (Wildman–Crippen MR) is 138 cm³/mol. The molecule has 0 aromatic heterocycles. The van der Waals surface area contributed by atoms with Gasteiger partial charge in [-0.1, -0.05) is 12.1 Å². The third kappa shape index (κ3) is 6.17. The van der Waals surface area contributed by atoms with Crippen molar-refractivity contribution in [2.24, 2.45) is 0 Å². The minimum absolute atomic E-state index is 0.00588. The highest BCUT2D eigenvalue weighted by Gasteiger charge is 2.38. The second-order valence-corrected chi connectivity index (χ2v) is 10.4. The van der Waals surface area contributed by atoms with Crippen molar-refractivity contribution in [2.45, 2.75) is 56.1 Å².